The molecule has 11 aromatic rings. The molecule has 5 heterocycles. The lowest BCUT2D eigenvalue weighted by atomic mass is 10.0. The minimum Gasteiger partial charge on any atom is -0.497 e. The number of rotatable bonds is 11. The van der Waals surface area contributed by atoms with E-state index in [0.29, 0.717) is 97.1 Å². The molecule has 16 nitrogen and oxygen atoms in total. The van der Waals surface area contributed by atoms with Crippen molar-refractivity contribution in [2.24, 2.45) is 0 Å². The Labute approximate surface area is 427 Å². The average molecular weight is 1010 g/mol. The normalized spacial score (nSPS) is 11.2. The molecule has 0 aliphatic rings. The van der Waals surface area contributed by atoms with Crippen molar-refractivity contribution >= 4 is 78.0 Å². The number of ether oxygens (including phenoxy) is 1. The number of oxazole rings is 2. The highest BCUT2D eigenvalue weighted by molar-refractivity contribution is 6.07. The highest BCUT2D eigenvalue weighted by Crippen LogP contribution is 2.30. The Bertz CT molecular complexity index is 4070. The number of nitrogens with zero attached hydrogens (tertiary/aromatic N) is 9. The molecule has 380 valence electrons. The van der Waals surface area contributed by atoms with E-state index in [9.17, 15) is 28.0 Å². The van der Waals surface area contributed by atoms with Gasteiger partial charge in [-0.3, -0.25) is 19.2 Å². The van der Waals surface area contributed by atoms with Crippen molar-refractivity contribution in [1.82, 2.24) is 34.1 Å². The second-order valence-electron chi connectivity index (χ2n) is 17.2. The van der Waals surface area contributed by atoms with Crippen molar-refractivity contribution in [2.75, 3.05) is 30.5 Å². The lowest BCUT2D eigenvalue weighted by molar-refractivity contribution is -0.120. The molecule has 0 radical (unpaired) electrons. The molecule has 5 aromatic heterocycles. The van der Waals surface area contributed by atoms with E-state index in [1.54, 1.807) is 111 Å². The minimum atomic E-state index is -0.449. The topological polar surface area (TPSA) is 177 Å². The summed E-state index contributed by atoms with van der Waals surface area (Å²) in [4.78, 5) is 65.0. The summed E-state index contributed by atoms with van der Waals surface area (Å²) in [7, 11) is 3.15. The van der Waals surface area contributed by atoms with E-state index < -0.39 is 11.4 Å². The zero-order valence-corrected chi connectivity index (χ0v) is 42.2. The van der Waals surface area contributed by atoms with Gasteiger partial charge in [-0.25, -0.2) is 28.1 Å². The Morgan fingerprint density at radius 3 is 2.01 bits per heavy atom. The van der Waals surface area contributed by atoms with Gasteiger partial charge in [0.15, 0.2) is 22.9 Å². The predicted molar refractivity (Wildman–Crippen MR) is 285 cm³/mol. The van der Waals surface area contributed by atoms with Gasteiger partial charge in [0.05, 0.1) is 35.3 Å². The van der Waals surface area contributed by atoms with E-state index in [2.05, 4.69) is 20.2 Å². The van der Waals surface area contributed by atoms with Gasteiger partial charge >= 0.3 is 0 Å². The molecular formula is C57H51F2N9O7. The lowest BCUT2D eigenvalue weighted by Crippen LogP contribution is -2.37. The van der Waals surface area contributed by atoms with Crippen LogP contribution in [0.5, 0.6) is 5.75 Å². The molecule has 0 bridgehead atoms. The fraction of sp³-hybridized carbons (Fsp3) is 0.193. The number of aromatic nitrogens is 7. The summed E-state index contributed by atoms with van der Waals surface area (Å²) < 4.78 is 48.2. The van der Waals surface area contributed by atoms with E-state index in [-0.39, 0.29) is 36.3 Å². The number of carbonyl (C=O) groups excluding carboxylic acids is 2. The SMILES string of the molecule is CC.CCN(C(=O)Cn1nc(-c2cccc(F)c2)c2ccc(OC)cc2c1=O)c1ccc2nc(C)oc2c1.Cc1nc2ccc(N(C)C(=O)Cn3ncc4c(c3=O)c3ccccc3n4Cc3ccc(F)cc3)cc2o1. The van der Waals surface area contributed by atoms with Gasteiger partial charge in [-0.1, -0.05) is 56.3 Å². The molecule has 2 amide bonds. The molecule has 75 heavy (non-hydrogen) atoms. The molecule has 0 saturated heterocycles. The van der Waals surface area contributed by atoms with E-state index >= 15 is 0 Å². The number of hydrogen-bond acceptors (Lipinski definition) is 11. The van der Waals surface area contributed by atoms with E-state index in [4.69, 9.17) is 13.6 Å². The Kier molecular flexibility index (Phi) is 14.4. The van der Waals surface area contributed by atoms with Crippen LogP contribution in [0.3, 0.4) is 0 Å². The van der Waals surface area contributed by atoms with Crippen LogP contribution in [0.25, 0.3) is 66.0 Å². The summed E-state index contributed by atoms with van der Waals surface area (Å²) in [6, 6.07) is 35.5. The third-order valence-corrected chi connectivity index (χ3v) is 12.5. The van der Waals surface area contributed by atoms with Crippen molar-refractivity contribution < 1.29 is 31.9 Å². The van der Waals surface area contributed by atoms with Crippen LogP contribution in [-0.4, -0.2) is 66.6 Å². The molecule has 0 unspecified atom stereocenters. The number of carbonyl (C=O) groups is 2. The Balaban J connectivity index is 0.000000178. The van der Waals surface area contributed by atoms with Crippen LogP contribution < -0.4 is 25.7 Å². The number of aryl methyl sites for hydroxylation is 2. The maximum Gasteiger partial charge on any atom is 0.277 e. The van der Waals surface area contributed by atoms with E-state index in [1.165, 1.54) is 41.0 Å². The van der Waals surface area contributed by atoms with Gasteiger partial charge in [-0.15, -0.1) is 0 Å². The summed E-state index contributed by atoms with van der Waals surface area (Å²) in [6.07, 6.45) is 1.61. The van der Waals surface area contributed by atoms with Gasteiger partial charge in [0.25, 0.3) is 11.1 Å². The van der Waals surface area contributed by atoms with Gasteiger partial charge in [-0.2, -0.15) is 10.2 Å². The first-order valence-corrected chi connectivity index (χ1v) is 24.1. The minimum absolute atomic E-state index is 0.226. The van der Waals surface area contributed by atoms with Gasteiger partial charge in [0.1, 0.15) is 41.5 Å². The second-order valence-corrected chi connectivity index (χ2v) is 17.2. The van der Waals surface area contributed by atoms with E-state index in [1.807, 2.05) is 49.6 Å². The number of para-hydroxylation sites is 1. The molecule has 0 aliphatic heterocycles. The smallest absolute Gasteiger partial charge is 0.277 e. The summed E-state index contributed by atoms with van der Waals surface area (Å²) >= 11 is 0. The van der Waals surface area contributed by atoms with Crippen molar-refractivity contribution in [3.8, 4) is 17.0 Å². The summed E-state index contributed by atoms with van der Waals surface area (Å²) in [5.41, 5.74) is 6.28. The molecule has 0 fully saturated rings. The maximum atomic E-state index is 14.0. The number of amides is 2. The Morgan fingerprint density at radius 2 is 1.33 bits per heavy atom. The van der Waals surface area contributed by atoms with Gasteiger partial charge < -0.3 is 27.9 Å². The number of benzene rings is 6. The lowest BCUT2D eigenvalue weighted by Gasteiger charge is -2.21. The number of halogens is 2. The first-order chi connectivity index (χ1) is 36.3. The third kappa shape index (κ3) is 10.2. The predicted octanol–water partition coefficient (Wildman–Crippen LogP) is 10.4. The molecule has 0 spiro atoms. The van der Waals surface area contributed by atoms with Crippen LogP contribution in [0, 0.1) is 25.5 Å². The van der Waals surface area contributed by atoms with Crippen LogP contribution in [0.2, 0.25) is 0 Å². The first-order valence-electron chi connectivity index (χ1n) is 24.1. The van der Waals surface area contributed by atoms with Gasteiger partial charge in [-0.05, 0) is 85.3 Å². The van der Waals surface area contributed by atoms with Gasteiger partial charge in [0, 0.05) is 79.3 Å². The van der Waals surface area contributed by atoms with Gasteiger partial charge in [0.2, 0.25) is 11.8 Å². The van der Waals surface area contributed by atoms with Crippen LogP contribution in [0.15, 0.2) is 152 Å². The third-order valence-electron chi connectivity index (χ3n) is 12.5. The molecule has 0 atom stereocenters. The second kappa shape index (κ2) is 21.4. The van der Waals surface area contributed by atoms with Crippen molar-refractivity contribution in [3.63, 3.8) is 0 Å². The number of likely N-dealkylation sites (N-methyl/N-ethyl adjacent to an activating group) is 2. The Hall–Kier alpha value is -9.32. The molecular weight excluding hydrogens is 961 g/mol. The van der Waals surface area contributed by atoms with Crippen molar-refractivity contribution in [1.29, 1.82) is 0 Å². The summed E-state index contributed by atoms with van der Waals surface area (Å²) in [5.74, 6) is 0.183. The van der Waals surface area contributed by atoms with Crippen LogP contribution in [-0.2, 0) is 29.2 Å². The molecule has 0 aliphatic carbocycles. The molecule has 18 heteroatoms. The molecule has 0 saturated carbocycles. The quantitative estimate of drug-likeness (QED) is 0.120. The average Bonchev–Trinajstić information content (AvgIpc) is 4.10. The van der Waals surface area contributed by atoms with Crippen molar-refractivity contribution in [3.05, 3.63) is 183 Å². The fourth-order valence-corrected chi connectivity index (χ4v) is 8.92. The summed E-state index contributed by atoms with van der Waals surface area (Å²) in [6.45, 7) is 9.63. The van der Waals surface area contributed by atoms with Crippen LogP contribution in [0.1, 0.15) is 38.1 Å². The Morgan fingerprint density at radius 1 is 0.667 bits per heavy atom. The van der Waals surface area contributed by atoms with Crippen molar-refractivity contribution in [2.45, 2.75) is 54.3 Å². The maximum absolute atomic E-state index is 14.0. The van der Waals surface area contributed by atoms with E-state index in [0.717, 1.165) is 21.1 Å². The fourth-order valence-electron chi connectivity index (χ4n) is 8.92. The molecule has 11 rings (SSSR count). The number of anilines is 2. The monoisotopic (exact) mass is 1010 g/mol. The highest BCUT2D eigenvalue weighted by Gasteiger charge is 2.22. The summed E-state index contributed by atoms with van der Waals surface area (Å²) in [5, 5.41) is 10.9. The zero-order chi connectivity index (χ0) is 53.1. The van der Waals surface area contributed by atoms with Crippen LogP contribution in [0.4, 0.5) is 20.2 Å². The standard InChI is InChI=1S/C28H22FN5O3.C27H23FN4O4.C2H6/c1-17-31-22-12-11-20(13-25(22)37-17)32(2)26(35)16-34-28(36)27-21-5-3-4-6-23(21)33(24(27)14-30-34)15-18-7-9-19(29)10-8-18;1-4-31(19-8-11-23-24(13-19)36-16(2)29-23)25(33)15-32-27(34)22-14-20(35-3)9-10-21(22)26(30-32)17-6-5-7-18(28)12-17;1-2/h3-14H,15-16H2,1-2H3;5-14H,4,15H2,1-3H3;1-2H3. The first kappa shape index (κ1) is 50.6. The highest BCUT2D eigenvalue weighted by atomic mass is 19.1. The molecule has 0 N–H and O–H groups in total. The number of methoxy groups -OCH3 is 1. The molecule has 6 aromatic carbocycles. The zero-order valence-electron chi connectivity index (χ0n) is 42.2. The largest absolute Gasteiger partial charge is 0.497 e. The number of fused-ring (bicyclic) bond motifs is 6. The number of hydrogen-bond donors (Lipinski definition) is 0. The van der Waals surface area contributed by atoms with Crippen LogP contribution >= 0.6 is 0 Å².